The lowest BCUT2D eigenvalue weighted by Crippen LogP contribution is -2.10. The molecule has 5 aromatic rings. The zero-order valence-electron chi connectivity index (χ0n) is 17.3. The molecule has 0 bridgehead atoms. The summed E-state index contributed by atoms with van der Waals surface area (Å²) in [5.41, 5.74) is 5.00. The Hall–Kier alpha value is -3.83. The number of hydrogen-bond acceptors (Lipinski definition) is 4. The maximum Gasteiger partial charge on any atom is 0.291 e. The van der Waals surface area contributed by atoms with Crippen LogP contribution in [0.5, 0.6) is 0 Å². The van der Waals surface area contributed by atoms with Crippen LogP contribution < -0.4 is 5.32 Å². The number of nitrogens with zero attached hydrogens (tertiary/aromatic N) is 1. The van der Waals surface area contributed by atoms with E-state index in [1.807, 2.05) is 54.6 Å². The van der Waals surface area contributed by atoms with Gasteiger partial charge in [-0.3, -0.25) is 4.79 Å². The highest BCUT2D eigenvalue weighted by molar-refractivity contribution is 6.30. The topological polar surface area (TPSA) is 68.3 Å². The lowest BCUT2D eigenvalue weighted by atomic mass is 10.1. The second-order valence-electron chi connectivity index (χ2n) is 7.38. The van der Waals surface area contributed by atoms with Crippen LogP contribution in [0.1, 0.15) is 23.0 Å². The maximum absolute atomic E-state index is 12.7. The van der Waals surface area contributed by atoms with E-state index in [9.17, 15) is 4.79 Å². The average molecular weight is 443 g/mol. The molecule has 0 unspecified atom stereocenters. The number of oxazole rings is 1. The number of halogens is 1. The number of anilines is 1. The molecule has 6 heteroatoms. The largest absolute Gasteiger partial charge is 0.451 e. The predicted octanol–water partition coefficient (Wildman–Crippen LogP) is 7.22. The number of amides is 1. The van der Waals surface area contributed by atoms with Crippen LogP contribution in [0.25, 0.3) is 33.9 Å². The number of carbonyl (C=O) groups excluding carboxylic acids is 1. The van der Waals surface area contributed by atoms with Gasteiger partial charge in [0.1, 0.15) is 11.3 Å². The second-order valence-corrected chi connectivity index (χ2v) is 7.82. The quantitative estimate of drug-likeness (QED) is 0.312. The molecule has 0 aliphatic rings. The van der Waals surface area contributed by atoms with Crippen LogP contribution >= 0.6 is 11.6 Å². The van der Waals surface area contributed by atoms with Gasteiger partial charge in [-0.05, 0) is 78.7 Å². The molecular weight excluding hydrogens is 424 g/mol. The fraction of sp³-hybridized carbons (Fsp3) is 0.0769. The van der Waals surface area contributed by atoms with Gasteiger partial charge in [0, 0.05) is 21.8 Å². The van der Waals surface area contributed by atoms with Gasteiger partial charge < -0.3 is 14.2 Å². The van der Waals surface area contributed by atoms with E-state index in [0.717, 1.165) is 28.6 Å². The van der Waals surface area contributed by atoms with Crippen LogP contribution in [0.15, 0.2) is 87.7 Å². The third kappa shape index (κ3) is 4.03. The highest BCUT2D eigenvalue weighted by Gasteiger charge is 2.14. The summed E-state index contributed by atoms with van der Waals surface area (Å²) in [6.45, 7) is 2.10. The molecule has 2 aromatic heterocycles. The highest BCUT2D eigenvalue weighted by Crippen LogP contribution is 2.28. The normalized spacial score (nSPS) is 11.1. The Morgan fingerprint density at radius 2 is 1.78 bits per heavy atom. The number of rotatable bonds is 5. The molecule has 0 fully saturated rings. The van der Waals surface area contributed by atoms with E-state index in [4.69, 9.17) is 20.4 Å². The minimum absolute atomic E-state index is 0.217. The molecule has 158 valence electrons. The molecule has 0 saturated heterocycles. The Morgan fingerprint density at radius 1 is 0.938 bits per heavy atom. The molecule has 0 aliphatic heterocycles. The van der Waals surface area contributed by atoms with E-state index in [1.54, 1.807) is 24.3 Å². The van der Waals surface area contributed by atoms with Crippen LogP contribution in [0.2, 0.25) is 5.02 Å². The zero-order chi connectivity index (χ0) is 22.1. The summed E-state index contributed by atoms with van der Waals surface area (Å²) in [6.07, 6.45) is 0.937. The van der Waals surface area contributed by atoms with Crippen molar-refractivity contribution in [1.29, 1.82) is 0 Å². The Morgan fingerprint density at radius 3 is 2.59 bits per heavy atom. The van der Waals surface area contributed by atoms with Gasteiger partial charge in [0.15, 0.2) is 11.3 Å². The first-order valence-electron chi connectivity index (χ1n) is 10.3. The van der Waals surface area contributed by atoms with Crippen LogP contribution in [0.3, 0.4) is 0 Å². The molecule has 0 spiro atoms. The molecular formula is C26H19ClN2O3. The van der Waals surface area contributed by atoms with Gasteiger partial charge in [-0.25, -0.2) is 4.98 Å². The fourth-order valence-corrected chi connectivity index (χ4v) is 3.59. The molecule has 1 N–H and O–H groups in total. The van der Waals surface area contributed by atoms with Crippen LogP contribution in [-0.4, -0.2) is 10.9 Å². The van der Waals surface area contributed by atoms with Crippen molar-refractivity contribution in [1.82, 2.24) is 4.98 Å². The number of nitrogens with one attached hydrogen (secondary N) is 1. The van der Waals surface area contributed by atoms with Crippen LogP contribution in [0.4, 0.5) is 5.69 Å². The Kier molecular flexibility index (Phi) is 5.25. The van der Waals surface area contributed by atoms with Crippen LogP contribution in [0, 0.1) is 0 Å². The first kappa shape index (κ1) is 20.1. The van der Waals surface area contributed by atoms with E-state index < -0.39 is 0 Å². The standard InChI is InChI=1S/C26H19ClN2O3/c1-2-16-6-11-23-21(14-16)29-26(32-23)18-4-3-5-20(15-18)28-25(30)24-13-12-22(31-24)17-7-9-19(27)10-8-17/h3-15H,2H2,1H3,(H,28,30). The number of carbonyl (C=O) groups is 1. The number of benzene rings is 3. The first-order chi connectivity index (χ1) is 15.6. The molecule has 5 rings (SSSR count). The SMILES string of the molecule is CCc1ccc2oc(-c3cccc(NC(=O)c4ccc(-c5ccc(Cl)cc5)o4)c3)nc2c1. The van der Waals surface area contributed by atoms with Gasteiger partial charge >= 0.3 is 0 Å². The Bertz CT molecular complexity index is 1420. The second kappa shape index (κ2) is 8.36. The molecule has 3 aromatic carbocycles. The van der Waals surface area contributed by atoms with Gasteiger partial charge in [0.25, 0.3) is 5.91 Å². The summed E-state index contributed by atoms with van der Waals surface area (Å²) in [5.74, 6) is 0.979. The monoisotopic (exact) mass is 442 g/mol. The zero-order valence-corrected chi connectivity index (χ0v) is 18.0. The number of fused-ring (bicyclic) bond motifs is 1. The van der Waals surface area contributed by atoms with Crippen molar-refractivity contribution in [3.8, 4) is 22.8 Å². The summed E-state index contributed by atoms with van der Waals surface area (Å²) >= 11 is 5.93. The van der Waals surface area contributed by atoms with Gasteiger partial charge in [-0.15, -0.1) is 0 Å². The highest BCUT2D eigenvalue weighted by atomic mass is 35.5. The number of hydrogen-bond donors (Lipinski definition) is 1. The van der Waals surface area contributed by atoms with Crippen LogP contribution in [-0.2, 0) is 6.42 Å². The molecule has 0 radical (unpaired) electrons. The summed E-state index contributed by atoms with van der Waals surface area (Å²) in [6, 6.07) is 24.0. The Balaban J connectivity index is 1.36. The van der Waals surface area contributed by atoms with Crippen molar-refractivity contribution in [2.75, 3.05) is 5.32 Å². The van der Waals surface area contributed by atoms with Crippen molar-refractivity contribution in [3.05, 3.63) is 95.2 Å². The van der Waals surface area contributed by atoms with E-state index in [2.05, 4.69) is 17.2 Å². The van der Waals surface area contributed by atoms with Gasteiger partial charge in [0.05, 0.1) is 0 Å². The van der Waals surface area contributed by atoms with Crippen molar-refractivity contribution in [3.63, 3.8) is 0 Å². The van der Waals surface area contributed by atoms with Gasteiger partial charge in [0.2, 0.25) is 5.89 Å². The first-order valence-corrected chi connectivity index (χ1v) is 10.6. The third-order valence-corrected chi connectivity index (χ3v) is 5.44. The average Bonchev–Trinajstić information content (AvgIpc) is 3.47. The fourth-order valence-electron chi connectivity index (χ4n) is 3.47. The summed E-state index contributed by atoms with van der Waals surface area (Å²) in [5, 5.41) is 3.51. The smallest absolute Gasteiger partial charge is 0.291 e. The van der Waals surface area contributed by atoms with Crippen molar-refractivity contribution in [2.45, 2.75) is 13.3 Å². The molecule has 2 heterocycles. The third-order valence-electron chi connectivity index (χ3n) is 5.19. The van der Waals surface area contributed by atoms with E-state index in [0.29, 0.717) is 22.4 Å². The minimum Gasteiger partial charge on any atom is -0.451 e. The van der Waals surface area contributed by atoms with Gasteiger partial charge in [-0.2, -0.15) is 0 Å². The molecule has 1 amide bonds. The van der Waals surface area contributed by atoms with E-state index in [-0.39, 0.29) is 11.7 Å². The minimum atomic E-state index is -0.340. The number of furan rings is 1. The van der Waals surface area contributed by atoms with Crippen molar-refractivity contribution in [2.24, 2.45) is 0 Å². The maximum atomic E-state index is 12.7. The number of aromatic nitrogens is 1. The van der Waals surface area contributed by atoms with E-state index in [1.165, 1.54) is 5.56 Å². The van der Waals surface area contributed by atoms with Crippen molar-refractivity contribution < 1.29 is 13.6 Å². The van der Waals surface area contributed by atoms with Crippen molar-refractivity contribution >= 4 is 34.3 Å². The lowest BCUT2D eigenvalue weighted by Gasteiger charge is -2.04. The summed E-state index contributed by atoms with van der Waals surface area (Å²) in [7, 11) is 0. The summed E-state index contributed by atoms with van der Waals surface area (Å²) in [4.78, 5) is 17.3. The summed E-state index contributed by atoms with van der Waals surface area (Å²) < 4.78 is 11.6. The molecule has 0 atom stereocenters. The molecule has 32 heavy (non-hydrogen) atoms. The van der Waals surface area contributed by atoms with Gasteiger partial charge in [-0.1, -0.05) is 30.7 Å². The Labute approximate surface area is 189 Å². The predicted molar refractivity (Wildman–Crippen MR) is 126 cm³/mol. The number of aryl methyl sites for hydroxylation is 1. The molecule has 0 aliphatic carbocycles. The molecule has 0 saturated carbocycles. The molecule has 5 nitrogen and oxygen atoms in total. The van der Waals surface area contributed by atoms with E-state index >= 15 is 0 Å². The lowest BCUT2D eigenvalue weighted by molar-refractivity contribution is 0.0997.